The van der Waals surface area contributed by atoms with Crippen molar-refractivity contribution >= 4 is 23.4 Å². The number of carbonyl (C=O) groups excluding carboxylic acids is 1. The molecule has 7 nitrogen and oxygen atoms in total. The van der Waals surface area contributed by atoms with Crippen molar-refractivity contribution in [3.8, 4) is 0 Å². The number of hydrogen-bond acceptors (Lipinski definition) is 6. The van der Waals surface area contributed by atoms with Gasteiger partial charge in [0.2, 0.25) is 5.95 Å². The summed E-state index contributed by atoms with van der Waals surface area (Å²) in [5.41, 5.74) is 7.21. The molecule has 3 rings (SSSR count). The van der Waals surface area contributed by atoms with E-state index >= 15 is 0 Å². The first-order valence-corrected chi connectivity index (χ1v) is 10.1. The fourth-order valence-electron chi connectivity index (χ4n) is 3.30. The van der Waals surface area contributed by atoms with Crippen LogP contribution in [-0.4, -0.2) is 34.5 Å². The van der Waals surface area contributed by atoms with E-state index in [1.165, 1.54) is 0 Å². The Hall–Kier alpha value is -2.67. The molecule has 1 aromatic carbocycles. The lowest BCUT2D eigenvalue weighted by molar-refractivity contribution is 0.102. The minimum absolute atomic E-state index is 0.221. The first-order chi connectivity index (χ1) is 13.7. The topological polar surface area (TPSA) is 105 Å². The quantitative estimate of drug-likeness (QED) is 0.520. The van der Waals surface area contributed by atoms with Crippen molar-refractivity contribution in [3.05, 3.63) is 42.1 Å². The molecule has 0 radical (unpaired) electrons. The van der Waals surface area contributed by atoms with Gasteiger partial charge < -0.3 is 21.7 Å². The summed E-state index contributed by atoms with van der Waals surface area (Å²) in [6.07, 6.45) is 7.65. The first-order valence-electron chi connectivity index (χ1n) is 10.1. The number of carbonyl (C=O) groups is 1. The first kappa shape index (κ1) is 20.1. The van der Waals surface area contributed by atoms with E-state index in [2.05, 4.69) is 32.8 Å². The van der Waals surface area contributed by atoms with Crippen LogP contribution < -0.4 is 21.7 Å². The molecule has 0 spiro atoms. The lowest BCUT2D eigenvalue weighted by atomic mass is 9.92. The highest BCUT2D eigenvalue weighted by Crippen LogP contribution is 2.23. The van der Waals surface area contributed by atoms with Gasteiger partial charge in [0.05, 0.1) is 0 Å². The Labute approximate surface area is 166 Å². The molecule has 0 aliphatic heterocycles. The van der Waals surface area contributed by atoms with E-state index in [9.17, 15) is 4.79 Å². The van der Waals surface area contributed by atoms with Gasteiger partial charge in [-0.2, -0.15) is 4.98 Å². The molecule has 7 heteroatoms. The molecule has 1 saturated carbocycles. The molecule has 0 atom stereocenters. The predicted octanol–water partition coefficient (Wildman–Crippen LogP) is 3.62. The monoisotopic (exact) mass is 382 g/mol. The number of nitrogens with two attached hydrogens (primary N) is 1. The normalized spacial score (nSPS) is 19.1. The van der Waals surface area contributed by atoms with E-state index in [-0.39, 0.29) is 18.0 Å². The summed E-state index contributed by atoms with van der Waals surface area (Å²) in [4.78, 5) is 21.8. The van der Waals surface area contributed by atoms with Crippen LogP contribution in [0.1, 0.15) is 55.8 Å². The molecule has 150 valence electrons. The van der Waals surface area contributed by atoms with Gasteiger partial charge in [0.15, 0.2) is 0 Å². The van der Waals surface area contributed by atoms with Crippen LogP contribution in [0.5, 0.6) is 0 Å². The number of hydrogen-bond donors (Lipinski definition) is 4. The number of amides is 1. The van der Waals surface area contributed by atoms with Crippen LogP contribution in [0.25, 0.3) is 0 Å². The van der Waals surface area contributed by atoms with Gasteiger partial charge in [-0.05, 0) is 44.2 Å². The third kappa shape index (κ3) is 5.66. The van der Waals surface area contributed by atoms with E-state index in [4.69, 9.17) is 5.73 Å². The summed E-state index contributed by atoms with van der Waals surface area (Å²) in [5.74, 6) is 0.893. The van der Waals surface area contributed by atoms with Crippen molar-refractivity contribution in [1.82, 2.24) is 9.97 Å². The number of rotatable bonds is 8. The zero-order chi connectivity index (χ0) is 19.8. The van der Waals surface area contributed by atoms with E-state index in [0.29, 0.717) is 17.3 Å². The lowest BCUT2D eigenvalue weighted by Gasteiger charge is -2.27. The highest BCUT2D eigenvalue weighted by Gasteiger charge is 2.22. The number of nitrogens with one attached hydrogen (secondary N) is 3. The van der Waals surface area contributed by atoms with Crippen molar-refractivity contribution in [2.45, 2.75) is 57.5 Å². The Kier molecular flexibility index (Phi) is 7.19. The van der Waals surface area contributed by atoms with Crippen molar-refractivity contribution < 1.29 is 4.79 Å². The van der Waals surface area contributed by atoms with Gasteiger partial charge in [0.25, 0.3) is 5.91 Å². The summed E-state index contributed by atoms with van der Waals surface area (Å²) in [7, 11) is 0. The van der Waals surface area contributed by atoms with Crippen LogP contribution in [0.2, 0.25) is 0 Å². The van der Waals surface area contributed by atoms with Gasteiger partial charge in [-0.15, -0.1) is 0 Å². The summed E-state index contributed by atoms with van der Waals surface area (Å²) >= 11 is 0. The Morgan fingerprint density at radius 2 is 1.93 bits per heavy atom. The van der Waals surface area contributed by atoms with Gasteiger partial charge in [0.1, 0.15) is 11.4 Å². The van der Waals surface area contributed by atoms with Crippen molar-refractivity contribution in [2.75, 3.05) is 22.5 Å². The Bertz CT molecular complexity index is 759. The molecule has 5 N–H and O–H groups in total. The number of aromatic nitrogens is 2. The zero-order valence-electron chi connectivity index (χ0n) is 16.4. The smallest absolute Gasteiger partial charge is 0.260 e. The number of unbranched alkanes of at least 4 members (excludes halogenated alkanes) is 1. The third-order valence-electron chi connectivity index (χ3n) is 4.99. The average molecular weight is 383 g/mol. The van der Waals surface area contributed by atoms with Crippen LogP contribution in [0, 0.1) is 0 Å². The second kappa shape index (κ2) is 10.0. The molecule has 1 aromatic heterocycles. The van der Waals surface area contributed by atoms with Crippen LogP contribution in [0.3, 0.4) is 0 Å². The summed E-state index contributed by atoms with van der Waals surface area (Å²) < 4.78 is 0. The summed E-state index contributed by atoms with van der Waals surface area (Å²) in [6.45, 7) is 2.95. The number of anilines is 3. The van der Waals surface area contributed by atoms with Crippen LogP contribution in [0.4, 0.5) is 17.5 Å². The van der Waals surface area contributed by atoms with Crippen molar-refractivity contribution in [2.24, 2.45) is 5.73 Å². The predicted molar refractivity (Wildman–Crippen MR) is 114 cm³/mol. The average Bonchev–Trinajstić information content (AvgIpc) is 2.71. The largest absolute Gasteiger partial charge is 0.367 e. The number of nitrogens with zero attached hydrogens (tertiary/aromatic N) is 2. The second-order valence-corrected chi connectivity index (χ2v) is 7.31. The fraction of sp³-hybridized carbons (Fsp3) is 0.476. The van der Waals surface area contributed by atoms with Gasteiger partial charge in [-0.3, -0.25) is 4.79 Å². The molecule has 1 amide bonds. The maximum atomic E-state index is 12.8. The third-order valence-corrected chi connectivity index (χ3v) is 4.99. The molecule has 1 aliphatic carbocycles. The summed E-state index contributed by atoms with van der Waals surface area (Å²) in [6, 6.07) is 9.94. The Balaban J connectivity index is 1.77. The summed E-state index contributed by atoms with van der Waals surface area (Å²) in [5, 5.41) is 9.61. The van der Waals surface area contributed by atoms with Gasteiger partial charge in [-0.25, -0.2) is 4.98 Å². The van der Waals surface area contributed by atoms with Crippen LogP contribution in [0.15, 0.2) is 36.5 Å². The number of para-hydroxylation sites is 1. The minimum Gasteiger partial charge on any atom is -0.367 e. The maximum Gasteiger partial charge on any atom is 0.260 e. The molecule has 1 fully saturated rings. The van der Waals surface area contributed by atoms with Gasteiger partial charge >= 0.3 is 0 Å². The molecular weight excluding hydrogens is 352 g/mol. The molecule has 28 heavy (non-hydrogen) atoms. The van der Waals surface area contributed by atoms with E-state index in [1.54, 1.807) is 6.20 Å². The fourth-order valence-corrected chi connectivity index (χ4v) is 3.30. The second-order valence-electron chi connectivity index (χ2n) is 7.31. The van der Waals surface area contributed by atoms with Crippen molar-refractivity contribution in [3.63, 3.8) is 0 Å². The molecule has 2 aromatic rings. The maximum absolute atomic E-state index is 12.8. The van der Waals surface area contributed by atoms with Crippen molar-refractivity contribution in [1.29, 1.82) is 0 Å². The molecule has 1 aliphatic rings. The lowest BCUT2D eigenvalue weighted by Crippen LogP contribution is -2.33. The Morgan fingerprint density at radius 1 is 1.18 bits per heavy atom. The molecular formula is C21H30N6O. The molecule has 0 bridgehead atoms. The van der Waals surface area contributed by atoms with Crippen LogP contribution in [-0.2, 0) is 0 Å². The SMILES string of the molecule is CCCCNc1ncc(C(=O)Nc2ccccc2)c(NC2CCC(N)CC2)n1. The molecule has 0 unspecified atom stereocenters. The van der Waals surface area contributed by atoms with Crippen LogP contribution >= 0.6 is 0 Å². The van der Waals surface area contributed by atoms with Gasteiger partial charge in [-0.1, -0.05) is 31.5 Å². The zero-order valence-corrected chi connectivity index (χ0v) is 16.4. The molecule has 1 heterocycles. The van der Waals surface area contributed by atoms with E-state index in [1.807, 2.05) is 30.3 Å². The Morgan fingerprint density at radius 3 is 2.64 bits per heavy atom. The van der Waals surface area contributed by atoms with E-state index in [0.717, 1.165) is 50.8 Å². The number of benzene rings is 1. The van der Waals surface area contributed by atoms with E-state index < -0.39 is 0 Å². The highest BCUT2D eigenvalue weighted by molar-refractivity contribution is 6.07. The highest BCUT2D eigenvalue weighted by atomic mass is 16.1. The standard InChI is InChI=1S/C21H30N6O/c1-2-3-13-23-21-24-14-18(20(28)26-16-7-5-4-6-8-16)19(27-21)25-17-11-9-15(22)10-12-17/h4-8,14-15,17H,2-3,9-13,22H2,1H3,(H,26,28)(H2,23,24,25,27). The molecule has 0 saturated heterocycles. The minimum atomic E-state index is -0.221. The van der Waals surface area contributed by atoms with Gasteiger partial charge in [0, 0.05) is 30.5 Å².